The highest BCUT2D eigenvalue weighted by molar-refractivity contribution is 9.10. The van der Waals surface area contributed by atoms with Gasteiger partial charge in [0.2, 0.25) is 0 Å². The van der Waals surface area contributed by atoms with Crippen molar-refractivity contribution in [2.45, 2.75) is 19.3 Å². The Kier molecular flexibility index (Phi) is 4.31. The molecule has 2 nitrogen and oxygen atoms in total. The first-order valence-corrected chi connectivity index (χ1v) is 7.24. The molecule has 4 heteroatoms. The summed E-state index contributed by atoms with van der Waals surface area (Å²) in [7, 11) is 0. The van der Waals surface area contributed by atoms with E-state index in [2.05, 4.69) is 33.9 Å². The van der Waals surface area contributed by atoms with E-state index in [4.69, 9.17) is 0 Å². The zero-order valence-corrected chi connectivity index (χ0v) is 12.0. The second kappa shape index (κ2) is 5.76. The summed E-state index contributed by atoms with van der Waals surface area (Å²) in [4.78, 5) is 4.60. The number of nitrogens with zero attached hydrogens (tertiary/aromatic N) is 1. The summed E-state index contributed by atoms with van der Waals surface area (Å²) in [5, 5.41) is 12.3. The van der Waals surface area contributed by atoms with Gasteiger partial charge in [-0.3, -0.25) is 0 Å². The molecule has 2 aromatic rings. The quantitative estimate of drug-likeness (QED) is 0.923. The van der Waals surface area contributed by atoms with Gasteiger partial charge in [0, 0.05) is 21.3 Å². The van der Waals surface area contributed by atoms with Crippen LogP contribution in [-0.2, 0) is 0 Å². The molecule has 0 aliphatic heterocycles. The topological polar surface area (TPSA) is 33.1 Å². The van der Waals surface area contributed by atoms with Crippen LogP contribution in [0.15, 0.2) is 34.1 Å². The first kappa shape index (κ1) is 12.7. The Morgan fingerprint density at radius 1 is 1.47 bits per heavy atom. The van der Waals surface area contributed by atoms with Crippen LogP contribution >= 0.6 is 27.3 Å². The van der Waals surface area contributed by atoms with E-state index in [9.17, 15) is 5.11 Å². The molecule has 17 heavy (non-hydrogen) atoms. The molecule has 90 valence electrons. The summed E-state index contributed by atoms with van der Waals surface area (Å²) in [5.74, 6) is 0.159. The molecule has 1 atom stereocenters. The van der Waals surface area contributed by atoms with Gasteiger partial charge in [0.1, 0.15) is 5.01 Å². The minimum atomic E-state index is 0.159. The Hall–Kier alpha value is -0.710. The Morgan fingerprint density at radius 2 is 2.29 bits per heavy atom. The predicted molar refractivity (Wildman–Crippen MR) is 75.4 cm³/mol. The van der Waals surface area contributed by atoms with Crippen LogP contribution < -0.4 is 0 Å². The number of aromatic nitrogens is 1. The monoisotopic (exact) mass is 311 g/mol. The third kappa shape index (κ3) is 2.94. The molecule has 0 aliphatic carbocycles. The lowest BCUT2D eigenvalue weighted by molar-refractivity contribution is 0.260. The van der Waals surface area contributed by atoms with Crippen molar-refractivity contribution in [2.24, 2.45) is 0 Å². The highest BCUT2D eigenvalue weighted by atomic mass is 79.9. The van der Waals surface area contributed by atoms with Gasteiger partial charge in [-0.25, -0.2) is 4.98 Å². The third-order valence-corrected chi connectivity index (χ3v) is 4.13. The molecule has 0 bridgehead atoms. The summed E-state index contributed by atoms with van der Waals surface area (Å²) in [5.41, 5.74) is 2.11. The second-order valence-electron chi connectivity index (χ2n) is 3.88. The van der Waals surface area contributed by atoms with Crippen molar-refractivity contribution in [3.63, 3.8) is 0 Å². The lowest BCUT2D eigenvalue weighted by Gasteiger charge is -2.06. The molecule has 1 unspecified atom stereocenters. The van der Waals surface area contributed by atoms with Crippen LogP contribution in [0.25, 0.3) is 10.6 Å². The zero-order valence-electron chi connectivity index (χ0n) is 9.56. The molecule has 0 spiro atoms. The summed E-state index contributed by atoms with van der Waals surface area (Å²) in [6.45, 7) is 2.23. The minimum absolute atomic E-state index is 0.159. The fourth-order valence-electron chi connectivity index (χ4n) is 1.66. The highest BCUT2D eigenvalue weighted by Crippen LogP contribution is 2.29. The fourth-order valence-corrected chi connectivity index (χ4v) is 2.96. The van der Waals surface area contributed by atoms with E-state index >= 15 is 0 Å². The van der Waals surface area contributed by atoms with Crippen molar-refractivity contribution in [1.29, 1.82) is 0 Å². The number of aliphatic hydroxyl groups excluding tert-OH is 1. The Labute approximate surface area is 113 Å². The van der Waals surface area contributed by atoms with E-state index in [-0.39, 0.29) is 12.5 Å². The van der Waals surface area contributed by atoms with Gasteiger partial charge >= 0.3 is 0 Å². The van der Waals surface area contributed by atoms with Gasteiger partial charge in [0.05, 0.1) is 12.3 Å². The van der Waals surface area contributed by atoms with Gasteiger partial charge in [-0.2, -0.15) is 0 Å². The normalized spacial score (nSPS) is 12.6. The SMILES string of the molecule is CCC(CO)c1csc(-c2cccc(Br)c2)n1. The molecule has 0 saturated heterocycles. The molecule has 1 heterocycles. The molecular weight excluding hydrogens is 298 g/mol. The predicted octanol–water partition coefficient (Wildman–Crippen LogP) is 4.06. The minimum Gasteiger partial charge on any atom is -0.396 e. The number of rotatable bonds is 4. The van der Waals surface area contributed by atoms with Gasteiger partial charge in [-0.1, -0.05) is 35.0 Å². The zero-order chi connectivity index (χ0) is 12.3. The van der Waals surface area contributed by atoms with E-state index in [0.717, 1.165) is 27.2 Å². The molecule has 1 N–H and O–H groups in total. The van der Waals surface area contributed by atoms with E-state index in [1.54, 1.807) is 11.3 Å². The number of halogens is 1. The Bertz CT molecular complexity index is 494. The molecule has 0 amide bonds. The van der Waals surface area contributed by atoms with Crippen LogP contribution in [0.2, 0.25) is 0 Å². The molecular formula is C13H14BrNOS. The van der Waals surface area contributed by atoms with Gasteiger partial charge in [-0.15, -0.1) is 11.3 Å². The smallest absolute Gasteiger partial charge is 0.123 e. The van der Waals surface area contributed by atoms with Gasteiger partial charge in [-0.05, 0) is 18.6 Å². The first-order chi connectivity index (χ1) is 8.24. The second-order valence-corrected chi connectivity index (χ2v) is 5.65. The van der Waals surface area contributed by atoms with Crippen LogP contribution in [0.3, 0.4) is 0 Å². The van der Waals surface area contributed by atoms with Crippen molar-refractivity contribution < 1.29 is 5.11 Å². The molecule has 0 radical (unpaired) electrons. The average Bonchev–Trinajstić information content (AvgIpc) is 2.80. The molecule has 1 aromatic heterocycles. The average molecular weight is 312 g/mol. The van der Waals surface area contributed by atoms with Crippen LogP contribution in [0.1, 0.15) is 25.0 Å². The molecule has 0 aliphatic rings. The van der Waals surface area contributed by atoms with Crippen molar-refractivity contribution >= 4 is 27.3 Å². The largest absolute Gasteiger partial charge is 0.396 e. The molecule has 0 saturated carbocycles. The van der Waals surface area contributed by atoms with Crippen LogP contribution in [0.4, 0.5) is 0 Å². The molecule has 2 rings (SSSR count). The van der Waals surface area contributed by atoms with E-state index in [1.165, 1.54) is 0 Å². The maximum absolute atomic E-state index is 9.26. The van der Waals surface area contributed by atoms with Crippen molar-refractivity contribution in [1.82, 2.24) is 4.98 Å². The highest BCUT2D eigenvalue weighted by Gasteiger charge is 2.13. The van der Waals surface area contributed by atoms with E-state index in [1.807, 2.05) is 23.6 Å². The summed E-state index contributed by atoms with van der Waals surface area (Å²) in [6, 6.07) is 8.11. The standard InChI is InChI=1S/C13H14BrNOS/c1-2-9(7-16)12-8-17-13(15-12)10-4-3-5-11(14)6-10/h3-6,8-9,16H,2,7H2,1H3. The van der Waals surface area contributed by atoms with Crippen molar-refractivity contribution in [3.8, 4) is 10.6 Å². The van der Waals surface area contributed by atoms with Gasteiger partial charge < -0.3 is 5.11 Å². The van der Waals surface area contributed by atoms with Gasteiger partial charge in [0.25, 0.3) is 0 Å². The Morgan fingerprint density at radius 3 is 2.94 bits per heavy atom. The third-order valence-electron chi connectivity index (χ3n) is 2.72. The fraction of sp³-hybridized carbons (Fsp3) is 0.308. The number of thiazole rings is 1. The first-order valence-electron chi connectivity index (χ1n) is 5.56. The Balaban J connectivity index is 2.29. The van der Waals surface area contributed by atoms with Crippen molar-refractivity contribution in [3.05, 3.63) is 39.8 Å². The van der Waals surface area contributed by atoms with Gasteiger partial charge in [0.15, 0.2) is 0 Å². The lowest BCUT2D eigenvalue weighted by atomic mass is 10.1. The molecule has 1 aromatic carbocycles. The van der Waals surface area contributed by atoms with Crippen LogP contribution in [0.5, 0.6) is 0 Å². The number of hydrogen-bond acceptors (Lipinski definition) is 3. The van der Waals surface area contributed by atoms with E-state index in [0.29, 0.717) is 0 Å². The van der Waals surface area contributed by atoms with E-state index < -0.39 is 0 Å². The molecule has 0 fully saturated rings. The van der Waals surface area contributed by atoms with Crippen LogP contribution in [0, 0.1) is 0 Å². The summed E-state index contributed by atoms with van der Waals surface area (Å²) < 4.78 is 1.06. The number of aliphatic hydroxyl groups is 1. The maximum atomic E-state index is 9.26. The van der Waals surface area contributed by atoms with Crippen molar-refractivity contribution in [2.75, 3.05) is 6.61 Å². The number of hydrogen-bond donors (Lipinski definition) is 1. The lowest BCUT2D eigenvalue weighted by Crippen LogP contribution is -2.02. The summed E-state index contributed by atoms with van der Waals surface area (Å²) in [6.07, 6.45) is 0.915. The summed E-state index contributed by atoms with van der Waals surface area (Å²) >= 11 is 5.09. The number of benzene rings is 1. The maximum Gasteiger partial charge on any atom is 0.123 e. The van der Waals surface area contributed by atoms with Crippen LogP contribution in [-0.4, -0.2) is 16.7 Å².